The molecule has 0 unspecified atom stereocenters. The highest BCUT2D eigenvalue weighted by molar-refractivity contribution is 5.77. The minimum atomic E-state index is -0.0708. The lowest BCUT2D eigenvalue weighted by Gasteiger charge is -2.24. The maximum absolute atomic E-state index is 13.1. The Balaban J connectivity index is 1.49. The fraction of sp³-hybridized carbons (Fsp3) is 0.345. The van der Waals surface area contributed by atoms with E-state index in [0.29, 0.717) is 38.7 Å². The summed E-state index contributed by atoms with van der Waals surface area (Å²) in [5.74, 6) is 1.50. The molecule has 2 bridgehead atoms. The number of benzene rings is 3. The molecule has 0 atom stereocenters. The van der Waals surface area contributed by atoms with Crippen molar-refractivity contribution in [3.05, 3.63) is 89.0 Å². The zero-order valence-electron chi connectivity index (χ0n) is 20.8. The first-order valence-electron chi connectivity index (χ1n) is 12.0. The van der Waals surface area contributed by atoms with E-state index in [0.717, 1.165) is 29.0 Å². The van der Waals surface area contributed by atoms with E-state index in [2.05, 4.69) is 43.3 Å². The third kappa shape index (κ3) is 6.99. The van der Waals surface area contributed by atoms with Gasteiger partial charge < -0.3 is 24.0 Å². The molecular weight excluding hydrogens is 440 g/mol. The Morgan fingerprint density at radius 1 is 0.971 bits per heavy atom. The van der Waals surface area contributed by atoms with Crippen molar-refractivity contribution in [2.75, 3.05) is 52.0 Å². The molecular formula is C29H34N2O4. The molecule has 3 aromatic rings. The first-order chi connectivity index (χ1) is 17.0. The molecule has 0 aliphatic carbocycles. The number of fused-ring (bicyclic) bond motifs is 3. The van der Waals surface area contributed by atoms with Crippen molar-refractivity contribution in [1.82, 2.24) is 4.90 Å². The quantitative estimate of drug-likeness (QED) is 0.559. The second-order valence-electron chi connectivity index (χ2n) is 9.06. The Hall–Kier alpha value is -3.51. The van der Waals surface area contributed by atoms with E-state index < -0.39 is 0 Å². The second kappa shape index (κ2) is 11.8. The zero-order chi connectivity index (χ0) is 24.6. The number of hydrogen-bond acceptors (Lipinski definition) is 5. The predicted molar refractivity (Wildman–Crippen MR) is 138 cm³/mol. The van der Waals surface area contributed by atoms with Gasteiger partial charge in [-0.1, -0.05) is 48.0 Å². The first kappa shape index (κ1) is 24.6. The summed E-state index contributed by atoms with van der Waals surface area (Å²) in [6, 6.07) is 22.4. The van der Waals surface area contributed by atoms with Gasteiger partial charge in [-0.05, 0) is 41.8 Å². The number of nitrogens with zero attached hydrogens (tertiary/aromatic N) is 2. The number of aryl methyl sites for hydroxylation is 1. The summed E-state index contributed by atoms with van der Waals surface area (Å²) in [6.45, 7) is 4.43. The molecule has 35 heavy (non-hydrogen) atoms. The molecule has 4 rings (SSSR count). The molecule has 1 aliphatic rings. The second-order valence-corrected chi connectivity index (χ2v) is 9.06. The number of amides is 1. The topological polar surface area (TPSA) is 51.2 Å². The molecule has 0 fully saturated rings. The lowest BCUT2D eigenvalue weighted by Crippen LogP contribution is -2.37. The summed E-state index contributed by atoms with van der Waals surface area (Å²) in [4.78, 5) is 16.9. The molecule has 6 nitrogen and oxygen atoms in total. The van der Waals surface area contributed by atoms with Gasteiger partial charge in [0, 0.05) is 45.4 Å². The van der Waals surface area contributed by atoms with Crippen LogP contribution < -0.4 is 14.4 Å². The fourth-order valence-corrected chi connectivity index (χ4v) is 4.13. The summed E-state index contributed by atoms with van der Waals surface area (Å²) in [5.41, 5.74) is 5.65. The smallest absolute Gasteiger partial charge is 0.260 e. The predicted octanol–water partition coefficient (Wildman–Crippen LogP) is 4.47. The van der Waals surface area contributed by atoms with Crippen LogP contribution >= 0.6 is 0 Å². The van der Waals surface area contributed by atoms with Gasteiger partial charge in [0.15, 0.2) is 6.61 Å². The van der Waals surface area contributed by atoms with Crippen molar-refractivity contribution in [1.29, 1.82) is 0 Å². The molecule has 0 radical (unpaired) electrons. The third-order valence-corrected chi connectivity index (χ3v) is 6.02. The number of carbonyl (C=O) groups excluding carboxylic acids is 1. The van der Waals surface area contributed by atoms with E-state index in [1.54, 1.807) is 4.90 Å². The third-order valence-electron chi connectivity index (χ3n) is 6.02. The van der Waals surface area contributed by atoms with Crippen molar-refractivity contribution in [2.45, 2.75) is 19.9 Å². The van der Waals surface area contributed by atoms with Gasteiger partial charge in [0.25, 0.3) is 5.91 Å². The van der Waals surface area contributed by atoms with Crippen LogP contribution in [0.1, 0.15) is 22.3 Å². The average Bonchev–Trinajstić information content (AvgIpc) is 2.85. The molecule has 0 N–H and O–H groups in total. The number of carbonyl (C=O) groups is 1. The minimum absolute atomic E-state index is 0.0215. The van der Waals surface area contributed by atoms with Crippen LogP contribution in [0.3, 0.4) is 0 Å². The van der Waals surface area contributed by atoms with E-state index in [9.17, 15) is 4.79 Å². The van der Waals surface area contributed by atoms with Crippen LogP contribution in [-0.2, 0) is 22.5 Å². The van der Waals surface area contributed by atoms with Gasteiger partial charge >= 0.3 is 0 Å². The van der Waals surface area contributed by atoms with Crippen molar-refractivity contribution in [3.8, 4) is 11.5 Å². The van der Waals surface area contributed by atoms with Gasteiger partial charge in [0.2, 0.25) is 0 Å². The SMILES string of the molecule is Cc1ccc2c(c1)Cc1cccc(c1)CN(C(=O)COc1cccc(N(C)C)c1)CCOCCO2. The summed E-state index contributed by atoms with van der Waals surface area (Å²) in [6.07, 6.45) is 0.769. The molecule has 1 amide bonds. The van der Waals surface area contributed by atoms with E-state index in [1.807, 2.05) is 49.3 Å². The van der Waals surface area contributed by atoms with Crippen molar-refractivity contribution >= 4 is 11.6 Å². The normalized spacial score (nSPS) is 14.3. The van der Waals surface area contributed by atoms with Crippen LogP contribution in [0.5, 0.6) is 11.5 Å². The van der Waals surface area contributed by atoms with Crippen molar-refractivity contribution in [2.24, 2.45) is 0 Å². The number of anilines is 1. The molecule has 1 aliphatic heterocycles. The van der Waals surface area contributed by atoms with Gasteiger partial charge in [-0.15, -0.1) is 0 Å². The van der Waals surface area contributed by atoms with Gasteiger partial charge in [-0.25, -0.2) is 0 Å². The summed E-state index contributed by atoms with van der Waals surface area (Å²) in [7, 11) is 3.95. The van der Waals surface area contributed by atoms with Crippen LogP contribution in [0.2, 0.25) is 0 Å². The Morgan fingerprint density at radius 3 is 2.66 bits per heavy atom. The van der Waals surface area contributed by atoms with Crippen LogP contribution in [0.25, 0.3) is 0 Å². The van der Waals surface area contributed by atoms with Crippen molar-refractivity contribution < 1.29 is 19.0 Å². The molecule has 0 spiro atoms. The highest BCUT2D eigenvalue weighted by Gasteiger charge is 2.16. The van der Waals surface area contributed by atoms with Gasteiger partial charge in [0.05, 0.1) is 13.2 Å². The lowest BCUT2D eigenvalue weighted by atomic mass is 10.0. The van der Waals surface area contributed by atoms with Crippen LogP contribution in [-0.4, -0.2) is 57.9 Å². The Morgan fingerprint density at radius 2 is 1.80 bits per heavy atom. The largest absolute Gasteiger partial charge is 0.491 e. The summed E-state index contributed by atoms with van der Waals surface area (Å²) < 4.78 is 17.7. The summed E-state index contributed by atoms with van der Waals surface area (Å²) in [5, 5.41) is 0. The monoisotopic (exact) mass is 474 g/mol. The highest BCUT2D eigenvalue weighted by Crippen LogP contribution is 2.24. The zero-order valence-corrected chi connectivity index (χ0v) is 20.8. The van der Waals surface area contributed by atoms with E-state index >= 15 is 0 Å². The Bertz CT molecular complexity index is 1150. The van der Waals surface area contributed by atoms with Crippen LogP contribution in [0.15, 0.2) is 66.7 Å². The van der Waals surface area contributed by atoms with E-state index in [1.165, 1.54) is 11.1 Å². The molecule has 0 saturated heterocycles. The van der Waals surface area contributed by atoms with Gasteiger partial charge in [0.1, 0.15) is 18.1 Å². The van der Waals surface area contributed by atoms with Crippen molar-refractivity contribution in [3.63, 3.8) is 0 Å². The highest BCUT2D eigenvalue weighted by atomic mass is 16.5. The fourth-order valence-electron chi connectivity index (χ4n) is 4.13. The number of hydrogen-bond donors (Lipinski definition) is 0. The van der Waals surface area contributed by atoms with Gasteiger partial charge in [-0.3, -0.25) is 4.79 Å². The molecule has 1 heterocycles. The molecule has 0 saturated carbocycles. The first-order valence-corrected chi connectivity index (χ1v) is 12.0. The molecule has 0 aromatic heterocycles. The van der Waals surface area contributed by atoms with Crippen LogP contribution in [0.4, 0.5) is 5.69 Å². The lowest BCUT2D eigenvalue weighted by molar-refractivity contribution is -0.134. The molecule has 3 aromatic carbocycles. The maximum atomic E-state index is 13.1. The van der Waals surface area contributed by atoms with Gasteiger partial charge in [-0.2, -0.15) is 0 Å². The Kier molecular flexibility index (Phi) is 8.27. The summed E-state index contributed by atoms with van der Waals surface area (Å²) >= 11 is 0. The Labute approximate surface area is 208 Å². The molecule has 184 valence electrons. The van der Waals surface area contributed by atoms with Crippen LogP contribution in [0, 0.1) is 6.92 Å². The average molecular weight is 475 g/mol. The van der Waals surface area contributed by atoms with E-state index in [-0.39, 0.29) is 12.5 Å². The molecule has 6 heteroatoms. The minimum Gasteiger partial charge on any atom is -0.491 e. The number of ether oxygens (including phenoxy) is 3. The number of rotatable bonds is 4. The maximum Gasteiger partial charge on any atom is 0.260 e. The van der Waals surface area contributed by atoms with E-state index in [4.69, 9.17) is 14.2 Å². The standard InChI is InChI=1S/C29H34N2O4/c1-22-10-11-28-25(16-22)18-23-6-4-7-24(17-23)20-31(12-13-33-14-15-34-28)29(32)21-35-27-9-5-8-26(19-27)30(2)3/h4-11,16-17,19H,12-15,18,20-21H2,1-3H3.